The molecule has 0 saturated carbocycles. The molecule has 0 unspecified atom stereocenters. The summed E-state index contributed by atoms with van der Waals surface area (Å²) in [6.45, 7) is 4.83. The van der Waals surface area contributed by atoms with Gasteiger partial charge in [0.1, 0.15) is 5.75 Å². The quantitative estimate of drug-likeness (QED) is 0.628. The minimum Gasteiger partial charge on any atom is -0.494 e. The van der Waals surface area contributed by atoms with Crippen LogP contribution < -0.4 is 4.74 Å². The van der Waals surface area contributed by atoms with Crippen LogP contribution in [0.3, 0.4) is 0 Å². The van der Waals surface area contributed by atoms with E-state index in [9.17, 15) is 0 Å². The first-order valence-corrected chi connectivity index (χ1v) is 7.31. The van der Waals surface area contributed by atoms with Gasteiger partial charge in [0.2, 0.25) is 0 Å². The Labute approximate surface area is 117 Å². The predicted molar refractivity (Wildman–Crippen MR) is 83.2 cm³/mol. The first kappa shape index (κ1) is 12.2. The lowest BCUT2D eigenvalue weighted by Gasteiger charge is -2.01. The van der Waals surface area contributed by atoms with Gasteiger partial charge in [0.05, 0.1) is 6.61 Å². The molecule has 3 rings (SSSR count). The Hall–Kier alpha value is -1.80. The number of hydrogen-bond acceptors (Lipinski definition) is 2. The molecule has 0 spiro atoms. The summed E-state index contributed by atoms with van der Waals surface area (Å²) in [5.41, 5.74) is 2.58. The number of ether oxygens (including phenoxy) is 1. The Bertz CT molecular complexity index is 695. The lowest BCUT2D eigenvalue weighted by Crippen LogP contribution is -1.89. The van der Waals surface area contributed by atoms with E-state index in [0.29, 0.717) is 6.61 Å². The van der Waals surface area contributed by atoms with Gasteiger partial charge < -0.3 is 4.74 Å². The summed E-state index contributed by atoms with van der Waals surface area (Å²) in [4.78, 5) is 1.31. The molecule has 0 fully saturated rings. The largest absolute Gasteiger partial charge is 0.494 e. The smallest absolute Gasteiger partial charge is 0.119 e. The highest BCUT2D eigenvalue weighted by molar-refractivity contribution is 7.22. The normalized spacial score (nSPS) is 10.8. The molecule has 1 heterocycles. The molecule has 0 N–H and O–H groups in total. The van der Waals surface area contributed by atoms with E-state index in [1.807, 2.05) is 24.3 Å². The average Bonchev–Trinajstić information content (AvgIpc) is 2.83. The Morgan fingerprint density at radius 3 is 2.53 bits per heavy atom. The molecule has 1 nitrogen and oxygen atoms in total. The van der Waals surface area contributed by atoms with Crippen LogP contribution in [0.5, 0.6) is 5.75 Å². The van der Waals surface area contributed by atoms with Crippen LogP contribution in [0.4, 0.5) is 0 Å². The highest BCUT2D eigenvalue weighted by Gasteiger charge is 2.05. The second-order valence-electron chi connectivity index (χ2n) is 4.61. The third-order valence-corrected chi connectivity index (χ3v) is 4.30. The summed E-state index contributed by atoms with van der Waals surface area (Å²) in [7, 11) is 0. The van der Waals surface area contributed by atoms with Crippen molar-refractivity contribution >= 4 is 21.4 Å². The zero-order chi connectivity index (χ0) is 13.2. The molecular formula is C17H16OS. The molecule has 2 heteroatoms. The fraction of sp³-hybridized carbons (Fsp3) is 0.176. The summed E-state index contributed by atoms with van der Waals surface area (Å²) < 4.78 is 6.85. The highest BCUT2D eigenvalue weighted by atomic mass is 32.1. The second kappa shape index (κ2) is 5.06. The standard InChI is InChI=1S/C17H16OS/c1-3-18-15-8-9-16-14(10-15)11-17(19-16)13-6-4-12(2)5-7-13/h4-11H,3H2,1-2H3. The van der Waals surface area contributed by atoms with Crippen LogP contribution >= 0.6 is 11.3 Å². The van der Waals surface area contributed by atoms with E-state index in [-0.39, 0.29) is 0 Å². The Kier molecular flexibility index (Phi) is 3.26. The number of fused-ring (bicyclic) bond motifs is 1. The summed E-state index contributed by atoms with van der Waals surface area (Å²) in [6, 6.07) is 17.2. The van der Waals surface area contributed by atoms with Gasteiger partial charge in [0.15, 0.2) is 0 Å². The predicted octanol–water partition coefficient (Wildman–Crippen LogP) is 5.28. The van der Waals surface area contributed by atoms with Crippen LogP contribution in [0.2, 0.25) is 0 Å². The number of thiophene rings is 1. The van der Waals surface area contributed by atoms with E-state index >= 15 is 0 Å². The van der Waals surface area contributed by atoms with E-state index in [1.54, 1.807) is 0 Å². The molecule has 1 aromatic heterocycles. The summed E-state index contributed by atoms with van der Waals surface area (Å²) in [6.07, 6.45) is 0. The Morgan fingerprint density at radius 1 is 1.00 bits per heavy atom. The van der Waals surface area contributed by atoms with Gasteiger partial charge in [-0.3, -0.25) is 0 Å². The van der Waals surface area contributed by atoms with E-state index in [2.05, 4.69) is 49.4 Å². The summed E-state index contributed by atoms with van der Waals surface area (Å²) in [5.74, 6) is 0.947. The van der Waals surface area contributed by atoms with Gasteiger partial charge >= 0.3 is 0 Å². The van der Waals surface area contributed by atoms with Crippen molar-refractivity contribution in [1.82, 2.24) is 0 Å². The number of hydrogen-bond donors (Lipinski definition) is 0. The lowest BCUT2D eigenvalue weighted by molar-refractivity contribution is 0.341. The Balaban J connectivity index is 2.03. The molecule has 0 radical (unpaired) electrons. The number of rotatable bonds is 3. The van der Waals surface area contributed by atoms with Crippen molar-refractivity contribution < 1.29 is 4.74 Å². The van der Waals surface area contributed by atoms with Crippen LogP contribution in [0.25, 0.3) is 20.5 Å². The van der Waals surface area contributed by atoms with Crippen LogP contribution in [-0.2, 0) is 0 Å². The minimum absolute atomic E-state index is 0.709. The molecular weight excluding hydrogens is 252 g/mol. The molecule has 0 amide bonds. The van der Waals surface area contributed by atoms with Crippen molar-refractivity contribution in [2.24, 2.45) is 0 Å². The highest BCUT2D eigenvalue weighted by Crippen LogP contribution is 2.35. The monoisotopic (exact) mass is 268 g/mol. The first-order chi connectivity index (χ1) is 9.26. The van der Waals surface area contributed by atoms with Crippen molar-refractivity contribution in [3.63, 3.8) is 0 Å². The van der Waals surface area contributed by atoms with Crippen LogP contribution in [0.15, 0.2) is 48.5 Å². The molecule has 96 valence electrons. The van der Waals surface area contributed by atoms with Crippen molar-refractivity contribution in [3.8, 4) is 16.2 Å². The molecule has 0 saturated heterocycles. The lowest BCUT2D eigenvalue weighted by atomic mass is 10.1. The minimum atomic E-state index is 0.709. The number of benzene rings is 2. The van der Waals surface area contributed by atoms with E-state index in [1.165, 1.54) is 26.1 Å². The zero-order valence-electron chi connectivity index (χ0n) is 11.1. The van der Waals surface area contributed by atoms with Crippen LogP contribution in [-0.4, -0.2) is 6.61 Å². The van der Waals surface area contributed by atoms with E-state index in [0.717, 1.165) is 5.75 Å². The molecule has 0 bridgehead atoms. The molecule has 0 aliphatic carbocycles. The Morgan fingerprint density at radius 2 is 1.79 bits per heavy atom. The topological polar surface area (TPSA) is 9.23 Å². The SMILES string of the molecule is CCOc1ccc2sc(-c3ccc(C)cc3)cc2c1. The van der Waals surface area contributed by atoms with Crippen molar-refractivity contribution in [1.29, 1.82) is 0 Å². The zero-order valence-corrected chi connectivity index (χ0v) is 12.0. The van der Waals surface area contributed by atoms with Crippen LogP contribution in [0.1, 0.15) is 12.5 Å². The van der Waals surface area contributed by atoms with Crippen molar-refractivity contribution in [3.05, 3.63) is 54.1 Å². The molecule has 3 aromatic rings. The van der Waals surface area contributed by atoms with E-state index in [4.69, 9.17) is 4.74 Å². The summed E-state index contributed by atoms with van der Waals surface area (Å²) in [5, 5.41) is 1.26. The molecule has 2 aromatic carbocycles. The van der Waals surface area contributed by atoms with Crippen LogP contribution in [0, 0.1) is 6.92 Å². The third kappa shape index (κ3) is 2.49. The van der Waals surface area contributed by atoms with Gasteiger partial charge in [-0.2, -0.15) is 0 Å². The maximum absolute atomic E-state index is 5.55. The maximum Gasteiger partial charge on any atom is 0.119 e. The fourth-order valence-corrected chi connectivity index (χ4v) is 3.19. The molecule has 0 aliphatic heterocycles. The maximum atomic E-state index is 5.55. The molecule has 19 heavy (non-hydrogen) atoms. The molecule has 0 aliphatic rings. The molecule has 0 atom stereocenters. The number of aryl methyl sites for hydroxylation is 1. The summed E-state index contributed by atoms with van der Waals surface area (Å²) >= 11 is 1.83. The van der Waals surface area contributed by atoms with Gasteiger partial charge in [-0.15, -0.1) is 11.3 Å². The van der Waals surface area contributed by atoms with Gasteiger partial charge in [0.25, 0.3) is 0 Å². The van der Waals surface area contributed by atoms with Crippen molar-refractivity contribution in [2.45, 2.75) is 13.8 Å². The van der Waals surface area contributed by atoms with Gasteiger partial charge in [-0.1, -0.05) is 29.8 Å². The second-order valence-corrected chi connectivity index (χ2v) is 5.69. The van der Waals surface area contributed by atoms with Gasteiger partial charge in [-0.05, 0) is 49.1 Å². The fourth-order valence-electron chi connectivity index (χ4n) is 2.14. The van der Waals surface area contributed by atoms with Crippen molar-refractivity contribution in [2.75, 3.05) is 6.61 Å². The first-order valence-electron chi connectivity index (χ1n) is 6.49. The van der Waals surface area contributed by atoms with E-state index < -0.39 is 0 Å². The van der Waals surface area contributed by atoms with Gasteiger partial charge in [0, 0.05) is 9.58 Å². The van der Waals surface area contributed by atoms with Gasteiger partial charge in [-0.25, -0.2) is 0 Å². The average molecular weight is 268 g/mol. The third-order valence-electron chi connectivity index (χ3n) is 3.13.